The molecule has 3 aromatic rings. The van der Waals surface area contributed by atoms with Crippen molar-refractivity contribution >= 4 is 27.5 Å². The van der Waals surface area contributed by atoms with Crippen molar-refractivity contribution in [1.29, 1.82) is 0 Å². The number of ether oxygens (including phenoxy) is 2. The molecule has 0 heterocycles. The zero-order valence-electron chi connectivity index (χ0n) is 23.7. The van der Waals surface area contributed by atoms with Gasteiger partial charge in [0.25, 0.3) is 10.0 Å². The molecule has 0 radical (unpaired) electrons. The summed E-state index contributed by atoms with van der Waals surface area (Å²) in [7, 11) is -1.08. The average Bonchev–Trinajstić information content (AvgIpc) is 2.94. The van der Waals surface area contributed by atoms with Gasteiger partial charge in [-0.1, -0.05) is 29.8 Å². The Balaban J connectivity index is 2.04. The largest absolute Gasteiger partial charge is 0.497 e. The molecule has 1 N–H and O–H groups in total. The molecule has 3 aromatic carbocycles. The van der Waals surface area contributed by atoms with Crippen LogP contribution in [0, 0.1) is 6.92 Å². The van der Waals surface area contributed by atoms with E-state index in [1.54, 1.807) is 68.6 Å². The zero-order valence-corrected chi connectivity index (χ0v) is 24.6. The standard InChI is InChI=1S/C30H37N3O6S/c1-21(2)31-30(35)23(4)32(19-24-8-7-9-27(18-24)39-6)29(34)20-33(25-12-14-26(38-5)15-13-25)40(36,37)28-16-10-22(3)11-17-28/h7-18,21,23H,19-20H2,1-6H3,(H,31,35). The van der Waals surface area contributed by atoms with E-state index in [1.807, 2.05) is 26.8 Å². The lowest BCUT2D eigenvalue weighted by Crippen LogP contribution is -2.52. The van der Waals surface area contributed by atoms with Crippen molar-refractivity contribution in [3.05, 3.63) is 83.9 Å². The van der Waals surface area contributed by atoms with E-state index in [1.165, 1.54) is 24.1 Å². The van der Waals surface area contributed by atoms with Crippen LogP contribution in [0.15, 0.2) is 77.7 Å². The van der Waals surface area contributed by atoms with Gasteiger partial charge in [-0.25, -0.2) is 8.42 Å². The van der Waals surface area contributed by atoms with Crippen LogP contribution in [0.3, 0.4) is 0 Å². The van der Waals surface area contributed by atoms with Crippen LogP contribution in [0.1, 0.15) is 31.9 Å². The van der Waals surface area contributed by atoms with E-state index >= 15 is 0 Å². The number of carbonyl (C=O) groups is 2. The maximum atomic E-state index is 14.0. The molecule has 10 heteroatoms. The third-order valence-corrected chi connectivity index (χ3v) is 8.12. The summed E-state index contributed by atoms with van der Waals surface area (Å²) >= 11 is 0. The smallest absolute Gasteiger partial charge is 0.264 e. The molecule has 0 spiro atoms. The second kappa shape index (κ2) is 13.3. The quantitative estimate of drug-likeness (QED) is 0.353. The number of hydrogen-bond donors (Lipinski definition) is 1. The van der Waals surface area contributed by atoms with Crippen LogP contribution in [0.4, 0.5) is 5.69 Å². The van der Waals surface area contributed by atoms with Crippen molar-refractivity contribution in [3.63, 3.8) is 0 Å². The number of sulfonamides is 1. The van der Waals surface area contributed by atoms with Crippen LogP contribution in [0.5, 0.6) is 11.5 Å². The van der Waals surface area contributed by atoms with E-state index in [2.05, 4.69) is 5.32 Å². The van der Waals surface area contributed by atoms with Gasteiger partial charge in [0.15, 0.2) is 0 Å². The summed E-state index contributed by atoms with van der Waals surface area (Å²) < 4.78 is 39.4. The summed E-state index contributed by atoms with van der Waals surface area (Å²) in [5.41, 5.74) is 1.92. The molecule has 1 atom stereocenters. The first-order chi connectivity index (χ1) is 19.0. The highest BCUT2D eigenvalue weighted by Crippen LogP contribution is 2.27. The number of benzene rings is 3. The van der Waals surface area contributed by atoms with Crippen molar-refractivity contribution in [2.45, 2.75) is 51.2 Å². The van der Waals surface area contributed by atoms with Crippen molar-refractivity contribution in [3.8, 4) is 11.5 Å². The first-order valence-corrected chi connectivity index (χ1v) is 14.4. The minimum absolute atomic E-state index is 0.0478. The zero-order chi connectivity index (χ0) is 29.4. The molecule has 0 aliphatic heterocycles. The minimum atomic E-state index is -4.14. The number of anilines is 1. The second-order valence-electron chi connectivity index (χ2n) is 9.74. The Bertz CT molecular complexity index is 1410. The van der Waals surface area contributed by atoms with Crippen LogP contribution in [-0.4, -0.2) is 58.0 Å². The number of methoxy groups -OCH3 is 2. The molecule has 0 saturated carbocycles. The molecule has 2 amide bonds. The summed E-state index contributed by atoms with van der Waals surface area (Å²) in [6.07, 6.45) is 0. The first kappa shape index (κ1) is 30.5. The summed E-state index contributed by atoms with van der Waals surface area (Å²) in [5, 5.41) is 2.84. The highest BCUT2D eigenvalue weighted by atomic mass is 32.2. The number of amides is 2. The van der Waals surface area contributed by atoms with Crippen LogP contribution >= 0.6 is 0 Å². The number of rotatable bonds is 12. The predicted molar refractivity (Wildman–Crippen MR) is 155 cm³/mol. The van der Waals surface area contributed by atoms with Crippen LogP contribution in [0.25, 0.3) is 0 Å². The molecule has 214 valence electrons. The average molecular weight is 568 g/mol. The first-order valence-electron chi connectivity index (χ1n) is 12.9. The molecule has 3 rings (SSSR count). The van der Waals surface area contributed by atoms with Crippen molar-refractivity contribution in [2.75, 3.05) is 25.1 Å². The normalized spacial score (nSPS) is 12.0. The highest BCUT2D eigenvalue weighted by Gasteiger charge is 2.32. The molecular weight excluding hydrogens is 530 g/mol. The molecule has 0 saturated heterocycles. The van der Waals surface area contributed by atoms with Gasteiger partial charge in [0.1, 0.15) is 24.1 Å². The third kappa shape index (κ3) is 7.53. The Hall–Kier alpha value is -4.05. The molecule has 0 aliphatic rings. The minimum Gasteiger partial charge on any atom is -0.497 e. The Morgan fingerprint density at radius 2 is 1.50 bits per heavy atom. The molecule has 0 bridgehead atoms. The third-order valence-electron chi connectivity index (χ3n) is 6.33. The van der Waals surface area contributed by atoms with E-state index < -0.39 is 28.5 Å². The summed E-state index contributed by atoms with van der Waals surface area (Å²) in [4.78, 5) is 28.4. The Kier molecular flexibility index (Phi) is 10.2. The lowest BCUT2D eigenvalue weighted by Gasteiger charge is -2.32. The van der Waals surface area contributed by atoms with E-state index in [9.17, 15) is 18.0 Å². The fraction of sp³-hybridized carbons (Fsp3) is 0.333. The van der Waals surface area contributed by atoms with Crippen molar-refractivity contribution in [1.82, 2.24) is 10.2 Å². The van der Waals surface area contributed by atoms with Gasteiger partial charge >= 0.3 is 0 Å². The molecule has 1 unspecified atom stereocenters. The molecule has 0 aromatic heterocycles. The van der Waals surface area contributed by atoms with Crippen LogP contribution in [0.2, 0.25) is 0 Å². The number of nitrogens with one attached hydrogen (secondary N) is 1. The van der Waals surface area contributed by atoms with Gasteiger partial charge in [0, 0.05) is 12.6 Å². The Labute approximate surface area is 236 Å². The van der Waals surface area contributed by atoms with Crippen LogP contribution in [-0.2, 0) is 26.2 Å². The predicted octanol–water partition coefficient (Wildman–Crippen LogP) is 4.15. The van der Waals surface area contributed by atoms with E-state index in [0.29, 0.717) is 11.5 Å². The number of aryl methyl sites for hydroxylation is 1. The number of hydrogen-bond acceptors (Lipinski definition) is 6. The van der Waals surface area contributed by atoms with E-state index in [-0.39, 0.29) is 29.1 Å². The summed E-state index contributed by atoms with van der Waals surface area (Å²) in [6.45, 7) is 6.70. The molecule has 0 aliphatic carbocycles. The van der Waals surface area contributed by atoms with E-state index in [0.717, 1.165) is 15.4 Å². The lowest BCUT2D eigenvalue weighted by atomic mass is 10.1. The van der Waals surface area contributed by atoms with Crippen molar-refractivity contribution in [2.24, 2.45) is 0 Å². The van der Waals surface area contributed by atoms with E-state index in [4.69, 9.17) is 9.47 Å². The van der Waals surface area contributed by atoms with Crippen LogP contribution < -0.4 is 19.1 Å². The maximum absolute atomic E-state index is 14.0. The fourth-order valence-electron chi connectivity index (χ4n) is 4.07. The molecule has 0 fully saturated rings. The number of carbonyl (C=O) groups excluding carboxylic acids is 2. The highest BCUT2D eigenvalue weighted by molar-refractivity contribution is 7.92. The second-order valence-corrected chi connectivity index (χ2v) is 11.6. The van der Waals surface area contributed by atoms with Gasteiger partial charge < -0.3 is 19.7 Å². The van der Waals surface area contributed by atoms with Crippen molar-refractivity contribution < 1.29 is 27.5 Å². The SMILES string of the molecule is COc1ccc(N(CC(=O)N(Cc2cccc(OC)c2)C(C)C(=O)NC(C)C)S(=O)(=O)c2ccc(C)cc2)cc1. The van der Waals surface area contributed by atoms with Gasteiger partial charge in [-0.2, -0.15) is 0 Å². The van der Waals surface area contributed by atoms with Gasteiger partial charge in [0.2, 0.25) is 11.8 Å². The summed E-state index contributed by atoms with van der Waals surface area (Å²) in [6, 6.07) is 19.0. The monoisotopic (exact) mass is 567 g/mol. The van der Waals surface area contributed by atoms with Gasteiger partial charge in [-0.3, -0.25) is 13.9 Å². The Morgan fingerprint density at radius 1 is 0.875 bits per heavy atom. The maximum Gasteiger partial charge on any atom is 0.264 e. The topological polar surface area (TPSA) is 105 Å². The lowest BCUT2D eigenvalue weighted by molar-refractivity contribution is -0.139. The molecule has 40 heavy (non-hydrogen) atoms. The Morgan fingerprint density at radius 3 is 2.08 bits per heavy atom. The van der Waals surface area contributed by atoms with Gasteiger partial charge in [0.05, 0.1) is 24.8 Å². The molecule has 9 nitrogen and oxygen atoms in total. The van der Waals surface area contributed by atoms with Gasteiger partial charge in [-0.15, -0.1) is 0 Å². The van der Waals surface area contributed by atoms with Gasteiger partial charge in [-0.05, 0) is 81.8 Å². The number of nitrogens with zero attached hydrogens (tertiary/aromatic N) is 2. The fourth-order valence-corrected chi connectivity index (χ4v) is 5.48. The summed E-state index contributed by atoms with van der Waals surface area (Å²) in [5.74, 6) is 0.261. The molecular formula is C30H37N3O6S.